The van der Waals surface area contributed by atoms with E-state index in [4.69, 9.17) is 0 Å². The highest BCUT2D eigenvalue weighted by Gasteiger charge is 2.12. The minimum atomic E-state index is -3.43. The Balaban J connectivity index is 1.59. The Morgan fingerprint density at radius 1 is 1.09 bits per heavy atom. The van der Waals surface area contributed by atoms with E-state index in [9.17, 15) is 8.42 Å². The molecule has 0 radical (unpaired) electrons. The number of rotatable bonds is 6. The number of thioether (sulfide) groups is 1. The quantitative estimate of drug-likeness (QED) is 0.556. The van der Waals surface area contributed by atoms with Crippen molar-refractivity contribution in [3.8, 4) is 0 Å². The van der Waals surface area contributed by atoms with Gasteiger partial charge < -0.3 is 0 Å². The molecule has 0 bridgehead atoms. The van der Waals surface area contributed by atoms with Gasteiger partial charge >= 0.3 is 0 Å². The number of sulfonamides is 1. The van der Waals surface area contributed by atoms with Gasteiger partial charge in [0.15, 0.2) is 0 Å². The molecule has 2 aromatic heterocycles. The highest BCUT2D eigenvalue weighted by Crippen LogP contribution is 2.18. The number of nitrogens with one attached hydrogen (secondary N) is 1. The van der Waals surface area contributed by atoms with Gasteiger partial charge in [-0.15, -0.1) is 11.8 Å². The smallest absolute Gasteiger partial charge is 0.240 e. The first-order chi connectivity index (χ1) is 10.7. The maximum atomic E-state index is 12.1. The molecule has 114 valence electrons. The molecule has 0 spiro atoms. The molecule has 5 nitrogen and oxygen atoms in total. The molecular weight excluding hydrogens is 318 g/mol. The van der Waals surface area contributed by atoms with Crippen molar-refractivity contribution in [3.05, 3.63) is 60.9 Å². The van der Waals surface area contributed by atoms with E-state index in [2.05, 4.69) is 9.71 Å². The van der Waals surface area contributed by atoms with Gasteiger partial charge in [0.2, 0.25) is 10.0 Å². The average molecular weight is 333 g/mol. The zero-order chi connectivity index (χ0) is 15.4. The van der Waals surface area contributed by atoms with Gasteiger partial charge in [0.1, 0.15) is 5.65 Å². The minimum absolute atomic E-state index is 0.289. The summed E-state index contributed by atoms with van der Waals surface area (Å²) in [6.07, 6.45) is 3.64. The van der Waals surface area contributed by atoms with Gasteiger partial charge in [0.25, 0.3) is 0 Å². The van der Waals surface area contributed by atoms with Crippen LogP contribution in [-0.4, -0.2) is 30.1 Å². The first-order valence-electron chi connectivity index (χ1n) is 6.76. The molecule has 0 amide bonds. The fourth-order valence-electron chi connectivity index (χ4n) is 2.05. The van der Waals surface area contributed by atoms with Crippen molar-refractivity contribution in [3.63, 3.8) is 0 Å². The summed E-state index contributed by atoms with van der Waals surface area (Å²) in [6, 6.07) is 14.3. The van der Waals surface area contributed by atoms with E-state index in [1.807, 2.05) is 28.8 Å². The Morgan fingerprint density at radius 3 is 2.73 bits per heavy atom. The summed E-state index contributed by atoms with van der Waals surface area (Å²) in [5.74, 6) is 0.642. The van der Waals surface area contributed by atoms with E-state index < -0.39 is 10.0 Å². The lowest BCUT2D eigenvalue weighted by Gasteiger charge is -2.07. The first kappa shape index (κ1) is 15.1. The lowest BCUT2D eigenvalue weighted by atomic mass is 10.4. The maximum absolute atomic E-state index is 12.1. The second-order valence-corrected chi connectivity index (χ2v) is 7.46. The normalized spacial score (nSPS) is 11.8. The Hall–Kier alpha value is -1.83. The van der Waals surface area contributed by atoms with Crippen LogP contribution in [0.5, 0.6) is 0 Å². The fourth-order valence-corrected chi connectivity index (χ4v) is 4.12. The molecule has 0 saturated heterocycles. The summed E-state index contributed by atoms with van der Waals surface area (Å²) in [5.41, 5.74) is 0.884. The standard InChI is InChI=1S/C15H15N3O2S2/c19-22(20,13-5-2-1-3-6-13)17-10-12-21-15-8-4-7-14-16-9-11-18(14)15/h1-9,11,17H,10,12H2. The number of fused-ring (bicyclic) bond motifs is 1. The van der Waals surface area contributed by atoms with Gasteiger partial charge in [-0.2, -0.15) is 0 Å². The minimum Gasteiger partial charge on any atom is -0.294 e. The van der Waals surface area contributed by atoms with Crippen LogP contribution in [0.2, 0.25) is 0 Å². The van der Waals surface area contributed by atoms with Crippen LogP contribution in [0, 0.1) is 0 Å². The van der Waals surface area contributed by atoms with Crippen LogP contribution in [0.15, 0.2) is 70.8 Å². The number of nitrogens with zero attached hydrogens (tertiary/aromatic N) is 2. The Morgan fingerprint density at radius 2 is 1.91 bits per heavy atom. The molecule has 0 saturated carbocycles. The number of benzene rings is 1. The van der Waals surface area contributed by atoms with Crippen molar-refractivity contribution in [1.82, 2.24) is 14.1 Å². The largest absolute Gasteiger partial charge is 0.294 e. The van der Waals surface area contributed by atoms with E-state index in [1.54, 1.807) is 48.3 Å². The molecule has 1 aromatic carbocycles. The summed E-state index contributed by atoms with van der Waals surface area (Å²) in [6.45, 7) is 0.368. The molecule has 0 atom stereocenters. The average Bonchev–Trinajstić information content (AvgIpc) is 3.02. The van der Waals surface area contributed by atoms with E-state index in [-0.39, 0.29) is 4.90 Å². The van der Waals surface area contributed by atoms with E-state index in [0.29, 0.717) is 12.3 Å². The number of imidazole rings is 1. The fraction of sp³-hybridized carbons (Fsp3) is 0.133. The topological polar surface area (TPSA) is 63.5 Å². The molecule has 0 aliphatic rings. The van der Waals surface area contributed by atoms with Crippen LogP contribution in [0.3, 0.4) is 0 Å². The number of hydrogen-bond acceptors (Lipinski definition) is 4. The number of aromatic nitrogens is 2. The SMILES string of the molecule is O=S(=O)(NCCSc1cccc2nccn12)c1ccccc1. The van der Waals surface area contributed by atoms with Gasteiger partial charge in [0.05, 0.1) is 9.92 Å². The van der Waals surface area contributed by atoms with Crippen molar-refractivity contribution in [2.75, 3.05) is 12.3 Å². The highest BCUT2D eigenvalue weighted by molar-refractivity contribution is 7.99. The zero-order valence-electron chi connectivity index (χ0n) is 11.7. The van der Waals surface area contributed by atoms with Crippen LogP contribution < -0.4 is 4.72 Å². The maximum Gasteiger partial charge on any atom is 0.240 e. The van der Waals surface area contributed by atoms with Crippen molar-refractivity contribution in [2.45, 2.75) is 9.92 Å². The second-order valence-electron chi connectivity index (χ2n) is 4.58. The van der Waals surface area contributed by atoms with Crippen LogP contribution in [0.1, 0.15) is 0 Å². The lowest BCUT2D eigenvalue weighted by Crippen LogP contribution is -2.26. The summed E-state index contributed by atoms with van der Waals surface area (Å²) in [5, 5.41) is 1.04. The van der Waals surface area contributed by atoms with Crippen LogP contribution in [0.25, 0.3) is 5.65 Å². The molecule has 22 heavy (non-hydrogen) atoms. The molecule has 0 unspecified atom stereocenters. The third-order valence-electron chi connectivity index (χ3n) is 3.09. The van der Waals surface area contributed by atoms with E-state index >= 15 is 0 Å². The van der Waals surface area contributed by atoms with Gasteiger partial charge in [-0.3, -0.25) is 4.40 Å². The molecule has 2 heterocycles. The van der Waals surface area contributed by atoms with Gasteiger partial charge in [-0.05, 0) is 24.3 Å². The van der Waals surface area contributed by atoms with Crippen LogP contribution in [-0.2, 0) is 10.0 Å². The van der Waals surface area contributed by atoms with Gasteiger partial charge in [0, 0.05) is 24.7 Å². The molecule has 0 aliphatic carbocycles. The summed E-state index contributed by atoms with van der Waals surface area (Å²) in [4.78, 5) is 4.51. The lowest BCUT2D eigenvalue weighted by molar-refractivity contribution is 0.584. The molecule has 1 N–H and O–H groups in total. The van der Waals surface area contributed by atoms with E-state index in [0.717, 1.165) is 10.7 Å². The van der Waals surface area contributed by atoms with E-state index in [1.165, 1.54) is 0 Å². The van der Waals surface area contributed by atoms with Gasteiger partial charge in [-0.25, -0.2) is 18.1 Å². The molecule has 7 heteroatoms. The predicted molar refractivity (Wildman–Crippen MR) is 87.5 cm³/mol. The zero-order valence-corrected chi connectivity index (χ0v) is 13.3. The predicted octanol–water partition coefficient (Wildman–Crippen LogP) is 2.40. The highest BCUT2D eigenvalue weighted by atomic mass is 32.2. The number of pyridine rings is 1. The summed E-state index contributed by atoms with van der Waals surface area (Å²) < 4.78 is 28.8. The molecule has 3 rings (SSSR count). The molecule has 0 fully saturated rings. The first-order valence-corrected chi connectivity index (χ1v) is 9.23. The molecule has 0 aliphatic heterocycles. The van der Waals surface area contributed by atoms with Crippen LogP contribution in [0.4, 0.5) is 0 Å². The summed E-state index contributed by atoms with van der Waals surface area (Å²) >= 11 is 1.59. The van der Waals surface area contributed by atoms with Crippen molar-refractivity contribution < 1.29 is 8.42 Å². The van der Waals surface area contributed by atoms with Gasteiger partial charge in [-0.1, -0.05) is 24.3 Å². The molecular formula is C15H15N3O2S2. The van der Waals surface area contributed by atoms with Crippen LogP contribution >= 0.6 is 11.8 Å². The number of hydrogen-bond donors (Lipinski definition) is 1. The van der Waals surface area contributed by atoms with Crippen molar-refractivity contribution in [1.29, 1.82) is 0 Å². The van der Waals surface area contributed by atoms with Crippen molar-refractivity contribution >= 4 is 27.4 Å². The molecule has 3 aromatic rings. The second kappa shape index (κ2) is 6.51. The third kappa shape index (κ3) is 3.32. The monoisotopic (exact) mass is 333 g/mol. The third-order valence-corrected chi connectivity index (χ3v) is 5.60. The Labute approximate surface area is 133 Å². The Kier molecular flexibility index (Phi) is 4.47. The van der Waals surface area contributed by atoms with Crippen molar-refractivity contribution in [2.24, 2.45) is 0 Å². The Bertz CT molecular complexity index is 861. The summed E-state index contributed by atoms with van der Waals surface area (Å²) in [7, 11) is -3.43.